The molecule has 5 nitrogen and oxygen atoms in total. The Balaban J connectivity index is 2.62. The highest BCUT2D eigenvalue weighted by Crippen LogP contribution is 2.35. The second kappa shape index (κ2) is 7.85. The summed E-state index contributed by atoms with van der Waals surface area (Å²) in [5, 5.41) is 9.65. The quantitative estimate of drug-likeness (QED) is 0.713. The molecule has 1 aliphatic rings. The summed E-state index contributed by atoms with van der Waals surface area (Å²) in [7, 11) is -4.61. The number of nitriles is 1. The Labute approximate surface area is 170 Å². The molecule has 0 aromatic heterocycles. The van der Waals surface area contributed by atoms with Crippen LogP contribution in [-0.2, 0) is 26.3 Å². The third-order valence-corrected chi connectivity index (χ3v) is 9.80. The molecule has 0 bridgehead atoms. The normalized spacial score (nSPS) is 20.5. The number of hydrogen-bond acceptors (Lipinski definition) is 4. The maximum atomic E-state index is 14.7. The fourth-order valence-corrected chi connectivity index (χ4v) is 6.19. The Morgan fingerprint density at radius 3 is 2.29 bits per heavy atom. The molecule has 0 radical (unpaired) electrons. The Kier molecular flexibility index (Phi) is 6.44. The van der Waals surface area contributed by atoms with Crippen LogP contribution in [0.25, 0.3) is 0 Å². The lowest BCUT2D eigenvalue weighted by atomic mass is 9.95. The van der Waals surface area contributed by atoms with Crippen LogP contribution in [0, 0.1) is 17.1 Å². The van der Waals surface area contributed by atoms with Crippen LogP contribution < -0.4 is 4.72 Å². The number of benzene rings is 1. The van der Waals surface area contributed by atoms with E-state index in [0.717, 1.165) is 12.8 Å². The first-order valence-electron chi connectivity index (χ1n) is 9.34. The minimum atomic E-state index is -3.07. The van der Waals surface area contributed by atoms with Crippen molar-refractivity contribution in [3.63, 3.8) is 0 Å². The summed E-state index contributed by atoms with van der Waals surface area (Å²) >= 11 is 0. The zero-order valence-corrected chi connectivity index (χ0v) is 19.0. The van der Waals surface area contributed by atoms with E-state index in [9.17, 15) is 18.1 Å². The van der Waals surface area contributed by atoms with E-state index in [1.165, 1.54) is 6.07 Å². The highest BCUT2D eigenvalue weighted by molar-refractivity contribution is 7.95. The van der Waals surface area contributed by atoms with E-state index in [1.54, 1.807) is 39.0 Å². The van der Waals surface area contributed by atoms with E-state index < -0.39 is 41.6 Å². The summed E-state index contributed by atoms with van der Waals surface area (Å²) in [6, 6.07) is 8.27. The van der Waals surface area contributed by atoms with Crippen LogP contribution in [0.4, 0.5) is 4.39 Å². The van der Waals surface area contributed by atoms with Gasteiger partial charge in [0.1, 0.15) is 10.6 Å². The maximum Gasteiger partial charge on any atom is 0.135 e. The Bertz CT molecular complexity index is 920. The molecule has 1 aromatic rings. The van der Waals surface area contributed by atoms with Gasteiger partial charge in [-0.25, -0.2) is 21.9 Å². The van der Waals surface area contributed by atoms with E-state index in [-0.39, 0.29) is 17.4 Å². The van der Waals surface area contributed by atoms with Gasteiger partial charge in [-0.05, 0) is 60.5 Å². The fraction of sp³-hybridized carbons (Fsp3) is 0.650. The van der Waals surface area contributed by atoms with Gasteiger partial charge < -0.3 is 0 Å². The molecule has 1 N–H and O–H groups in total. The van der Waals surface area contributed by atoms with Gasteiger partial charge in [0.15, 0.2) is 0 Å². The van der Waals surface area contributed by atoms with Crippen molar-refractivity contribution >= 4 is 20.7 Å². The summed E-state index contributed by atoms with van der Waals surface area (Å²) in [5.41, 5.74) is -0.965. The molecule has 0 saturated heterocycles. The minimum absolute atomic E-state index is 0.0295. The number of hydrogen-bond donors (Lipinski definition) is 1. The predicted molar refractivity (Wildman–Crippen MR) is 113 cm³/mol. The zero-order valence-electron chi connectivity index (χ0n) is 17.4. The molecule has 0 amide bonds. The van der Waals surface area contributed by atoms with E-state index in [1.807, 2.05) is 20.8 Å². The van der Waals surface area contributed by atoms with Crippen LogP contribution in [0.1, 0.15) is 59.9 Å². The first kappa shape index (κ1) is 23.0. The fourth-order valence-electron chi connectivity index (χ4n) is 2.66. The van der Waals surface area contributed by atoms with Crippen molar-refractivity contribution in [3.8, 4) is 6.07 Å². The molecule has 0 spiro atoms. The van der Waals surface area contributed by atoms with Gasteiger partial charge in [-0.2, -0.15) is 5.26 Å². The van der Waals surface area contributed by atoms with E-state index >= 15 is 0 Å². The Morgan fingerprint density at radius 1 is 1.25 bits per heavy atom. The third kappa shape index (κ3) is 5.00. The summed E-state index contributed by atoms with van der Waals surface area (Å²) in [6.45, 7) is 10.3. The molecule has 0 heterocycles. The lowest BCUT2D eigenvalue weighted by Crippen LogP contribution is -2.52. The van der Waals surface area contributed by atoms with Gasteiger partial charge in [-0.3, -0.25) is 0 Å². The molecule has 156 valence electrons. The summed E-state index contributed by atoms with van der Waals surface area (Å²) < 4.78 is 47.3. The predicted octanol–water partition coefficient (Wildman–Crippen LogP) is 4.03. The molecule has 3 atom stereocenters. The van der Waals surface area contributed by atoms with Crippen molar-refractivity contribution in [2.75, 3.05) is 5.75 Å². The van der Waals surface area contributed by atoms with Gasteiger partial charge in [0.2, 0.25) is 0 Å². The third-order valence-electron chi connectivity index (χ3n) is 4.76. The van der Waals surface area contributed by atoms with Gasteiger partial charge in [0, 0.05) is 5.56 Å². The van der Waals surface area contributed by atoms with Gasteiger partial charge in [-0.15, -0.1) is 0 Å². The Morgan fingerprint density at radius 2 is 1.82 bits per heavy atom. The Hall–Kier alpha value is -1.30. The van der Waals surface area contributed by atoms with Gasteiger partial charge in [-0.1, -0.05) is 18.2 Å². The molecule has 1 saturated carbocycles. The first-order valence-corrected chi connectivity index (χ1v) is 12.2. The smallest absolute Gasteiger partial charge is 0.135 e. The van der Waals surface area contributed by atoms with Crippen LogP contribution >= 0.6 is 0 Å². The topological polar surface area (TPSA) is 82.3 Å². The lowest BCUT2D eigenvalue weighted by Gasteiger charge is -2.37. The number of nitrogens with zero attached hydrogens (tertiary/aromatic N) is 2. The molecule has 0 aliphatic heterocycles. The van der Waals surface area contributed by atoms with Crippen molar-refractivity contribution in [1.29, 1.82) is 5.26 Å². The molecule has 1 unspecified atom stereocenters. The average molecular weight is 428 g/mol. The molecule has 1 fully saturated rings. The lowest BCUT2D eigenvalue weighted by molar-refractivity contribution is 0.456. The van der Waals surface area contributed by atoms with Crippen LogP contribution in [0.3, 0.4) is 0 Å². The molecular weight excluding hydrogens is 397 g/mol. The standard InChI is InChI=1S/C20H30FN3O2S2/c1-18(2,3)27(25)24-20(6,16-9-7-8-10-17(16)21)14-28(26,19(4,5)13-22)23-15-11-12-15/h7-10,15,24H,11-12,14H2,1-6H3/t20-,27+,28?/m0/s1. The second-order valence-corrected chi connectivity index (χ2v) is 13.8. The van der Waals surface area contributed by atoms with Crippen LogP contribution in [0.15, 0.2) is 28.6 Å². The molecular formula is C20H30FN3O2S2. The van der Waals surface area contributed by atoms with E-state index in [2.05, 4.69) is 15.2 Å². The van der Waals surface area contributed by atoms with E-state index in [4.69, 9.17) is 0 Å². The molecule has 8 heteroatoms. The number of nitrogens with one attached hydrogen (secondary N) is 1. The van der Waals surface area contributed by atoms with Crippen molar-refractivity contribution in [3.05, 3.63) is 35.6 Å². The van der Waals surface area contributed by atoms with Gasteiger partial charge >= 0.3 is 0 Å². The highest BCUT2D eigenvalue weighted by Gasteiger charge is 2.44. The SMILES string of the molecule is CC(C)(C)[S@@](=O)N[C@@](C)(CS(=O)(=NC1CC1)C(C)(C)C#N)c1ccccc1F. The van der Waals surface area contributed by atoms with E-state index in [0.29, 0.717) is 0 Å². The minimum Gasteiger partial charge on any atom is -0.248 e. The molecule has 28 heavy (non-hydrogen) atoms. The summed E-state index contributed by atoms with van der Waals surface area (Å²) in [6.07, 6.45) is 1.69. The monoisotopic (exact) mass is 427 g/mol. The molecule has 2 rings (SSSR count). The molecule has 1 aliphatic carbocycles. The van der Waals surface area contributed by atoms with Crippen LogP contribution in [0.2, 0.25) is 0 Å². The maximum absolute atomic E-state index is 14.7. The van der Waals surface area contributed by atoms with Crippen molar-refractivity contribution in [1.82, 2.24) is 4.72 Å². The summed E-state index contributed by atoms with van der Waals surface area (Å²) in [4.78, 5) is 0. The molecule has 1 aromatic carbocycles. The van der Waals surface area contributed by atoms with Crippen LogP contribution in [-0.4, -0.2) is 29.7 Å². The average Bonchev–Trinajstić information content (AvgIpc) is 3.37. The van der Waals surface area contributed by atoms with Crippen molar-refractivity contribution < 1.29 is 12.8 Å². The van der Waals surface area contributed by atoms with Crippen LogP contribution in [0.5, 0.6) is 0 Å². The van der Waals surface area contributed by atoms with Crippen molar-refractivity contribution in [2.24, 2.45) is 4.36 Å². The number of rotatable bonds is 7. The number of halogens is 1. The first-order chi connectivity index (χ1) is 12.7. The van der Waals surface area contributed by atoms with Gasteiger partial charge in [0.25, 0.3) is 0 Å². The zero-order chi connectivity index (χ0) is 21.4. The highest BCUT2D eigenvalue weighted by atomic mass is 32.2. The summed E-state index contributed by atoms with van der Waals surface area (Å²) in [5.74, 6) is -0.592. The largest absolute Gasteiger partial charge is 0.248 e. The van der Waals surface area contributed by atoms with Gasteiger partial charge in [0.05, 0.1) is 48.9 Å². The van der Waals surface area contributed by atoms with Crippen molar-refractivity contribution in [2.45, 2.75) is 75.5 Å². The second-order valence-electron chi connectivity index (χ2n) is 9.04.